The van der Waals surface area contributed by atoms with Crippen molar-refractivity contribution in [1.82, 2.24) is 0 Å². The third-order valence-electron chi connectivity index (χ3n) is 3.92. The number of carbonyl (C=O) groups is 2. The Hall–Kier alpha value is -2.10. The van der Waals surface area contributed by atoms with E-state index in [9.17, 15) is 9.59 Å². The highest BCUT2D eigenvalue weighted by Gasteiger charge is 2.50. The molecule has 0 N–H and O–H groups in total. The second-order valence-electron chi connectivity index (χ2n) is 4.85. The van der Waals surface area contributed by atoms with E-state index in [4.69, 9.17) is 9.47 Å². The molecule has 0 radical (unpaired) electrons. The van der Waals surface area contributed by atoms with Gasteiger partial charge < -0.3 is 9.47 Å². The number of hydrogen-bond acceptors (Lipinski definition) is 4. The quantitative estimate of drug-likeness (QED) is 0.366. The molecule has 2 rings (SSSR count). The number of ether oxygens (including phenoxy) is 2. The molecule has 0 heterocycles. The van der Waals surface area contributed by atoms with Crippen LogP contribution in [-0.4, -0.2) is 26.0 Å². The first-order chi connectivity index (χ1) is 9.57. The molecule has 0 aliphatic heterocycles. The van der Waals surface area contributed by atoms with E-state index in [1.54, 1.807) is 31.2 Å². The Balaban J connectivity index is 2.53. The third kappa shape index (κ3) is 2.01. The lowest BCUT2D eigenvalue weighted by Crippen LogP contribution is -2.39. The molecule has 4 heteroatoms. The van der Waals surface area contributed by atoms with E-state index in [0.29, 0.717) is 24.2 Å². The molecule has 0 aromatic heterocycles. The minimum atomic E-state index is -1.20. The van der Waals surface area contributed by atoms with Crippen LogP contribution in [0.25, 0.3) is 0 Å². The van der Waals surface area contributed by atoms with Crippen molar-refractivity contribution in [2.24, 2.45) is 5.41 Å². The van der Waals surface area contributed by atoms with Crippen molar-refractivity contribution in [3.8, 4) is 5.75 Å². The second-order valence-corrected chi connectivity index (χ2v) is 4.85. The average molecular weight is 274 g/mol. The number of hydrogen-bond donors (Lipinski definition) is 0. The molecule has 0 saturated carbocycles. The Morgan fingerprint density at radius 1 is 1.20 bits per heavy atom. The molecule has 4 nitrogen and oxygen atoms in total. The predicted molar refractivity (Wildman–Crippen MR) is 74.8 cm³/mol. The number of ketones is 1. The molecule has 0 saturated heterocycles. The Labute approximate surface area is 118 Å². The first kappa shape index (κ1) is 14.3. The molecule has 1 aromatic rings. The summed E-state index contributed by atoms with van der Waals surface area (Å²) in [5.74, 6) is -0.284. The first-order valence-electron chi connectivity index (χ1n) is 6.51. The smallest absolute Gasteiger partial charge is 0.323 e. The molecular weight excluding hydrogens is 256 g/mol. The highest BCUT2D eigenvalue weighted by molar-refractivity contribution is 6.16. The van der Waals surface area contributed by atoms with Crippen molar-refractivity contribution in [3.05, 3.63) is 41.5 Å². The average Bonchev–Trinajstić information content (AvgIpc) is 2.88. The molecule has 0 fully saturated rings. The van der Waals surface area contributed by atoms with Crippen LogP contribution in [0.1, 0.15) is 30.1 Å². The van der Waals surface area contributed by atoms with Gasteiger partial charge in [0, 0.05) is 0 Å². The maximum atomic E-state index is 12.9. The molecule has 20 heavy (non-hydrogen) atoms. The van der Waals surface area contributed by atoms with Crippen molar-refractivity contribution in [1.29, 1.82) is 0 Å². The van der Waals surface area contributed by atoms with Crippen molar-refractivity contribution >= 4 is 11.8 Å². The first-order valence-corrected chi connectivity index (χ1v) is 6.51. The minimum absolute atomic E-state index is 0.256. The van der Waals surface area contributed by atoms with Crippen LogP contribution >= 0.6 is 0 Å². The molecular formula is C16H18O4. The summed E-state index contributed by atoms with van der Waals surface area (Å²) in [7, 11) is 2.82. The van der Waals surface area contributed by atoms with Gasteiger partial charge in [-0.1, -0.05) is 23.8 Å². The molecule has 0 bridgehead atoms. The van der Waals surface area contributed by atoms with E-state index in [0.717, 1.165) is 5.57 Å². The summed E-state index contributed by atoms with van der Waals surface area (Å²) in [5, 5.41) is 0. The van der Waals surface area contributed by atoms with E-state index in [1.807, 2.05) is 6.08 Å². The maximum absolute atomic E-state index is 12.9. The number of carbonyl (C=O) groups excluding carboxylic acids is 2. The van der Waals surface area contributed by atoms with Crippen LogP contribution in [0.3, 0.4) is 0 Å². The molecule has 1 aliphatic carbocycles. The molecule has 1 atom stereocenters. The van der Waals surface area contributed by atoms with Gasteiger partial charge in [0.15, 0.2) is 11.2 Å². The summed E-state index contributed by atoms with van der Waals surface area (Å²) in [6.45, 7) is 1.80. The van der Waals surface area contributed by atoms with Crippen molar-refractivity contribution < 1.29 is 19.1 Å². The van der Waals surface area contributed by atoms with Gasteiger partial charge in [-0.15, -0.1) is 0 Å². The number of rotatable bonds is 4. The van der Waals surface area contributed by atoms with Crippen molar-refractivity contribution in [2.45, 2.75) is 19.8 Å². The SMILES string of the molecule is COC(=O)C1(C(=O)c2ccccc2OC)CCC=C1C. The predicted octanol–water partition coefficient (Wildman–Crippen LogP) is 2.78. The third-order valence-corrected chi connectivity index (χ3v) is 3.92. The zero-order valence-corrected chi connectivity index (χ0v) is 11.9. The Kier molecular flexibility index (Phi) is 3.93. The van der Waals surface area contributed by atoms with Crippen LogP contribution < -0.4 is 4.74 Å². The summed E-state index contributed by atoms with van der Waals surface area (Å²) in [6.07, 6.45) is 3.06. The lowest BCUT2D eigenvalue weighted by atomic mass is 9.75. The molecule has 106 valence electrons. The zero-order chi connectivity index (χ0) is 14.8. The Bertz CT molecular complexity index is 574. The van der Waals surface area contributed by atoms with E-state index in [2.05, 4.69) is 0 Å². The highest BCUT2D eigenvalue weighted by Crippen LogP contribution is 2.43. The number of allylic oxidation sites excluding steroid dienone is 1. The normalized spacial score (nSPS) is 21.2. The van der Waals surface area contributed by atoms with Crippen molar-refractivity contribution in [3.63, 3.8) is 0 Å². The van der Waals surface area contributed by atoms with E-state index in [1.165, 1.54) is 14.2 Å². The van der Waals surface area contributed by atoms with Gasteiger partial charge in [0.05, 0.1) is 19.8 Å². The molecule has 1 aromatic carbocycles. The molecule has 0 spiro atoms. The van der Waals surface area contributed by atoms with Gasteiger partial charge in [0.1, 0.15) is 5.75 Å². The summed E-state index contributed by atoms with van der Waals surface area (Å²) in [6, 6.07) is 6.94. The molecule has 1 aliphatic rings. The summed E-state index contributed by atoms with van der Waals surface area (Å²) in [4.78, 5) is 25.2. The highest BCUT2D eigenvalue weighted by atomic mass is 16.5. The number of methoxy groups -OCH3 is 2. The number of esters is 1. The van der Waals surface area contributed by atoms with Crippen LogP contribution in [0, 0.1) is 5.41 Å². The minimum Gasteiger partial charge on any atom is -0.496 e. The van der Waals surface area contributed by atoms with E-state index in [-0.39, 0.29) is 5.78 Å². The van der Waals surface area contributed by atoms with Gasteiger partial charge in [-0.25, -0.2) is 0 Å². The monoisotopic (exact) mass is 274 g/mol. The largest absolute Gasteiger partial charge is 0.496 e. The van der Waals surface area contributed by atoms with Gasteiger partial charge >= 0.3 is 5.97 Å². The van der Waals surface area contributed by atoms with Crippen LogP contribution in [0.15, 0.2) is 35.9 Å². The lowest BCUT2D eigenvalue weighted by Gasteiger charge is -2.27. The van der Waals surface area contributed by atoms with E-state index < -0.39 is 11.4 Å². The van der Waals surface area contributed by atoms with Gasteiger partial charge in [0.2, 0.25) is 0 Å². The van der Waals surface area contributed by atoms with Gasteiger partial charge in [-0.3, -0.25) is 9.59 Å². The summed E-state index contributed by atoms with van der Waals surface area (Å²) < 4.78 is 10.1. The fraction of sp³-hybridized carbons (Fsp3) is 0.375. The fourth-order valence-electron chi connectivity index (χ4n) is 2.76. The Morgan fingerprint density at radius 3 is 2.45 bits per heavy atom. The van der Waals surface area contributed by atoms with Crippen LogP contribution in [0.2, 0.25) is 0 Å². The summed E-state index contributed by atoms with van der Waals surface area (Å²) >= 11 is 0. The lowest BCUT2D eigenvalue weighted by molar-refractivity contribution is -0.147. The topological polar surface area (TPSA) is 52.6 Å². The summed E-state index contributed by atoms with van der Waals surface area (Å²) in [5.41, 5.74) is -0.0427. The van der Waals surface area contributed by atoms with Gasteiger partial charge in [0.25, 0.3) is 0 Å². The van der Waals surface area contributed by atoms with Crippen LogP contribution in [-0.2, 0) is 9.53 Å². The van der Waals surface area contributed by atoms with Crippen molar-refractivity contribution in [2.75, 3.05) is 14.2 Å². The van der Waals surface area contributed by atoms with Gasteiger partial charge in [-0.2, -0.15) is 0 Å². The van der Waals surface area contributed by atoms with Crippen LogP contribution in [0.4, 0.5) is 0 Å². The van der Waals surface area contributed by atoms with E-state index >= 15 is 0 Å². The molecule has 1 unspecified atom stereocenters. The number of benzene rings is 1. The number of para-hydroxylation sites is 1. The number of Topliss-reactive ketones (excluding diaryl/α,β-unsaturated/α-hetero) is 1. The Morgan fingerprint density at radius 2 is 1.90 bits per heavy atom. The standard InChI is InChI=1S/C16H18O4/c1-11-7-6-10-16(11,15(18)20-3)14(17)12-8-4-5-9-13(12)19-2/h4-5,7-9H,6,10H2,1-3H3. The maximum Gasteiger partial charge on any atom is 0.323 e. The second kappa shape index (κ2) is 5.49. The molecule has 0 amide bonds. The van der Waals surface area contributed by atoms with Gasteiger partial charge in [-0.05, 0) is 31.9 Å². The fourth-order valence-corrected chi connectivity index (χ4v) is 2.76. The zero-order valence-electron chi connectivity index (χ0n) is 11.9. The van der Waals surface area contributed by atoms with Crippen LogP contribution in [0.5, 0.6) is 5.75 Å².